The number of phenolic OH excluding ortho intramolecular Hbond substituents is 1. The molecule has 0 saturated heterocycles. The number of nitrogens with one attached hydrogen (secondary N) is 1. The molecule has 2 rings (SSSR count). The summed E-state index contributed by atoms with van der Waals surface area (Å²) in [7, 11) is 0. The first kappa shape index (κ1) is 10.8. The first-order valence-electron chi connectivity index (χ1n) is 4.59. The number of aromatic nitrogens is 2. The van der Waals surface area contributed by atoms with Gasteiger partial charge in [-0.1, -0.05) is 0 Å². The molecular weight excluding hydrogens is 226 g/mol. The van der Waals surface area contributed by atoms with Gasteiger partial charge in [0.25, 0.3) is 0 Å². The summed E-state index contributed by atoms with van der Waals surface area (Å²) in [6.07, 6.45) is 1.35. The average molecular weight is 235 g/mol. The highest BCUT2D eigenvalue weighted by molar-refractivity contribution is 5.94. The van der Waals surface area contributed by atoms with Gasteiger partial charge in [0.2, 0.25) is 0 Å². The van der Waals surface area contributed by atoms with Crippen molar-refractivity contribution in [2.75, 3.05) is 5.73 Å². The number of aromatic carboxylic acids is 1. The van der Waals surface area contributed by atoms with Crippen molar-refractivity contribution in [3.63, 3.8) is 0 Å². The number of aromatic amines is 1. The Labute approximate surface area is 95.1 Å². The van der Waals surface area contributed by atoms with Crippen LogP contribution in [0.2, 0.25) is 0 Å². The number of rotatable bonds is 2. The minimum atomic E-state index is -1.30. The summed E-state index contributed by atoms with van der Waals surface area (Å²) in [4.78, 5) is 10.8. The van der Waals surface area contributed by atoms with E-state index >= 15 is 0 Å². The second-order valence-electron chi connectivity index (χ2n) is 3.39. The third-order valence-corrected chi connectivity index (χ3v) is 2.30. The fourth-order valence-corrected chi connectivity index (χ4v) is 1.48. The van der Waals surface area contributed by atoms with Gasteiger partial charge < -0.3 is 21.1 Å². The molecule has 7 heteroatoms. The van der Waals surface area contributed by atoms with Gasteiger partial charge in [0.05, 0.1) is 6.20 Å². The summed E-state index contributed by atoms with van der Waals surface area (Å²) in [6, 6.07) is 2.08. The molecule has 0 bridgehead atoms. The molecule has 0 aliphatic carbocycles. The van der Waals surface area contributed by atoms with Crippen molar-refractivity contribution >= 4 is 11.8 Å². The molecule has 2 aromatic rings. The monoisotopic (exact) mass is 235 g/mol. The zero-order valence-electron chi connectivity index (χ0n) is 8.51. The predicted octanol–water partition coefficient (Wildman–Crippen LogP) is 0.768. The van der Waals surface area contributed by atoms with Crippen molar-refractivity contribution in [2.24, 2.45) is 0 Å². The Morgan fingerprint density at radius 1 is 1.24 bits per heavy atom. The van der Waals surface area contributed by atoms with Gasteiger partial charge in [-0.2, -0.15) is 5.10 Å². The molecule has 7 nitrogen and oxygen atoms in total. The number of hydrogen-bond acceptors (Lipinski definition) is 5. The molecule has 0 saturated carbocycles. The average Bonchev–Trinajstić information content (AvgIpc) is 2.64. The van der Waals surface area contributed by atoms with Crippen LogP contribution in [0.1, 0.15) is 10.4 Å². The van der Waals surface area contributed by atoms with E-state index < -0.39 is 11.7 Å². The number of aromatic hydroxyl groups is 2. The number of carboxylic acid groups (broad SMARTS) is 1. The maximum Gasteiger partial charge on any atom is 0.339 e. The third kappa shape index (κ3) is 1.73. The number of nitrogens with two attached hydrogens (primary N) is 1. The van der Waals surface area contributed by atoms with E-state index in [9.17, 15) is 15.0 Å². The van der Waals surface area contributed by atoms with Crippen LogP contribution in [0, 0.1) is 0 Å². The highest BCUT2D eigenvalue weighted by atomic mass is 16.4. The van der Waals surface area contributed by atoms with Gasteiger partial charge in [0.15, 0.2) is 0 Å². The van der Waals surface area contributed by atoms with Crippen molar-refractivity contribution < 1.29 is 20.1 Å². The largest absolute Gasteiger partial charge is 0.507 e. The minimum absolute atomic E-state index is 0.187. The van der Waals surface area contributed by atoms with Crippen molar-refractivity contribution in [3.05, 3.63) is 23.9 Å². The topological polar surface area (TPSA) is 132 Å². The number of anilines is 1. The van der Waals surface area contributed by atoms with Gasteiger partial charge in [-0.25, -0.2) is 4.79 Å². The normalized spacial score (nSPS) is 10.4. The lowest BCUT2D eigenvalue weighted by atomic mass is 10.0. The van der Waals surface area contributed by atoms with Crippen molar-refractivity contribution in [2.45, 2.75) is 0 Å². The second kappa shape index (κ2) is 3.71. The van der Waals surface area contributed by atoms with E-state index in [1.165, 1.54) is 6.20 Å². The molecule has 0 radical (unpaired) electrons. The van der Waals surface area contributed by atoms with E-state index in [0.717, 1.165) is 12.1 Å². The van der Waals surface area contributed by atoms with Crippen molar-refractivity contribution in [3.8, 4) is 22.6 Å². The Bertz CT molecular complexity index is 591. The molecule has 88 valence electrons. The lowest BCUT2D eigenvalue weighted by Crippen LogP contribution is -1.98. The van der Waals surface area contributed by atoms with Crippen LogP contribution in [-0.4, -0.2) is 31.5 Å². The zero-order chi connectivity index (χ0) is 12.6. The third-order valence-electron chi connectivity index (χ3n) is 2.30. The fourth-order valence-electron chi connectivity index (χ4n) is 1.48. The van der Waals surface area contributed by atoms with Crippen LogP contribution in [0.4, 0.5) is 5.82 Å². The molecule has 1 aromatic heterocycles. The number of nitrogens with zero attached hydrogens (tertiary/aromatic N) is 1. The highest BCUT2D eigenvalue weighted by Crippen LogP contribution is 2.36. The Balaban J connectivity index is 2.67. The van der Waals surface area contributed by atoms with Gasteiger partial charge in [0.1, 0.15) is 22.9 Å². The molecule has 0 atom stereocenters. The van der Waals surface area contributed by atoms with Crippen LogP contribution in [0.3, 0.4) is 0 Å². The molecule has 1 aromatic carbocycles. The van der Waals surface area contributed by atoms with Crippen molar-refractivity contribution in [1.29, 1.82) is 0 Å². The number of H-pyrrole nitrogens is 1. The fraction of sp³-hybridized carbons (Fsp3) is 0. The molecule has 17 heavy (non-hydrogen) atoms. The van der Waals surface area contributed by atoms with Crippen molar-refractivity contribution in [1.82, 2.24) is 10.2 Å². The van der Waals surface area contributed by atoms with E-state index in [0.29, 0.717) is 5.56 Å². The van der Waals surface area contributed by atoms with Gasteiger partial charge in [-0.3, -0.25) is 5.10 Å². The summed E-state index contributed by atoms with van der Waals surface area (Å²) >= 11 is 0. The van der Waals surface area contributed by atoms with E-state index in [4.69, 9.17) is 10.8 Å². The standard InChI is InChI=1S/C10H9N3O4/c11-9-6(3-12-13-9)4-1-5(10(16)17)8(15)2-7(4)14/h1-3,14-15H,(H,16,17)(H3,11,12,13). The van der Waals surface area contributed by atoms with Crippen LogP contribution >= 0.6 is 0 Å². The zero-order valence-corrected chi connectivity index (χ0v) is 8.51. The summed E-state index contributed by atoms with van der Waals surface area (Å²) in [5.74, 6) is -1.89. The molecule has 0 unspecified atom stereocenters. The quantitative estimate of drug-likeness (QED) is 0.522. The van der Waals surface area contributed by atoms with Gasteiger partial charge in [-0.05, 0) is 6.07 Å². The molecule has 0 fully saturated rings. The molecule has 0 spiro atoms. The molecule has 1 heterocycles. The first-order valence-corrected chi connectivity index (χ1v) is 4.59. The SMILES string of the molecule is Nc1[nH]ncc1-c1cc(C(=O)O)c(O)cc1O. The molecule has 0 aliphatic heterocycles. The van der Waals surface area contributed by atoms with Gasteiger partial charge in [0, 0.05) is 17.2 Å². The van der Waals surface area contributed by atoms with E-state index in [1.54, 1.807) is 0 Å². The second-order valence-corrected chi connectivity index (χ2v) is 3.39. The maximum absolute atomic E-state index is 10.8. The van der Waals surface area contributed by atoms with E-state index in [1.807, 2.05) is 0 Å². The van der Waals surface area contributed by atoms with Crippen LogP contribution in [0.5, 0.6) is 11.5 Å². The summed E-state index contributed by atoms with van der Waals surface area (Å²) in [5.41, 5.74) is 5.80. The first-order chi connectivity index (χ1) is 8.00. The minimum Gasteiger partial charge on any atom is -0.507 e. The van der Waals surface area contributed by atoms with Gasteiger partial charge in [-0.15, -0.1) is 0 Å². The Morgan fingerprint density at radius 3 is 2.47 bits per heavy atom. The Morgan fingerprint density at radius 2 is 1.94 bits per heavy atom. The number of phenols is 2. The molecular formula is C10H9N3O4. The molecule has 0 aliphatic rings. The Hall–Kier alpha value is -2.70. The number of hydrogen-bond donors (Lipinski definition) is 5. The van der Waals surface area contributed by atoms with Crippen LogP contribution in [0.15, 0.2) is 18.3 Å². The highest BCUT2D eigenvalue weighted by Gasteiger charge is 2.17. The number of carbonyl (C=O) groups is 1. The summed E-state index contributed by atoms with van der Waals surface area (Å²) in [5, 5.41) is 34.0. The molecule has 0 amide bonds. The smallest absolute Gasteiger partial charge is 0.339 e. The van der Waals surface area contributed by atoms with Crippen LogP contribution in [0.25, 0.3) is 11.1 Å². The van der Waals surface area contributed by atoms with Gasteiger partial charge >= 0.3 is 5.97 Å². The summed E-state index contributed by atoms with van der Waals surface area (Å²) in [6.45, 7) is 0. The lowest BCUT2D eigenvalue weighted by Gasteiger charge is -2.06. The molecule has 6 N–H and O–H groups in total. The predicted molar refractivity (Wildman–Crippen MR) is 58.7 cm³/mol. The summed E-state index contributed by atoms with van der Waals surface area (Å²) < 4.78 is 0. The number of benzene rings is 1. The van der Waals surface area contributed by atoms with Crippen LogP contribution < -0.4 is 5.73 Å². The number of nitrogen functional groups attached to an aromatic ring is 1. The van der Waals surface area contributed by atoms with Crippen LogP contribution in [-0.2, 0) is 0 Å². The van der Waals surface area contributed by atoms with E-state index in [-0.39, 0.29) is 22.7 Å². The number of carboxylic acids is 1. The maximum atomic E-state index is 10.8. The van der Waals surface area contributed by atoms with E-state index in [2.05, 4.69) is 10.2 Å². The Kier molecular flexibility index (Phi) is 2.36. The lowest BCUT2D eigenvalue weighted by molar-refractivity contribution is 0.0694.